The first-order valence-corrected chi connectivity index (χ1v) is 7.96. The number of aromatic nitrogens is 2. The first kappa shape index (κ1) is 18.3. The van der Waals surface area contributed by atoms with E-state index in [2.05, 4.69) is 22.1 Å². The Morgan fingerprint density at radius 3 is 2.74 bits per heavy atom. The molecule has 0 aliphatic rings. The third-order valence-electron chi connectivity index (χ3n) is 3.82. The quantitative estimate of drug-likeness (QED) is 0.418. The Morgan fingerprint density at radius 2 is 2.07 bits per heavy atom. The van der Waals surface area contributed by atoms with Gasteiger partial charge in [0.05, 0.1) is 29.6 Å². The zero-order valence-electron chi connectivity index (χ0n) is 14.0. The SMILES string of the molecule is Nc1cccc2c1cc(C#CCNc1ccc(C=O)nc1)n2CC(F)(F)F. The number of hydrogen-bond acceptors (Lipinski definition) is 4. The van der Waals surface area contributed by atoms with Crippen LogP contribution in [0.15, 0.2) is 42.6 Å². The predicted molar refractivity (Wildman–Crippen MR) is 97.4 cm³/mol. The maximum absolute atomic E-state index is 13.0. The molecule has 5 nitrogen and oxygen atoms in total. The van der Waals surface area contributed by atoms with Crippen LogP contribution in [0.1, 0.15) is 16.2 Å². The molecule has 0 bridgehead atoms. The van der Waals surface area contributed by atoms with Gasteiger partial charge >= 0.3 is 6.18 Å². The number of halogens is 3. The van der Waals surface area contributed by atoms with Gasteiger partial charge in [0, 0.05) is 11.1 Å². The van der Waals surface area contributed by atoms with E-state index in [4.69, 9.17) is 5.73 Å². The molecule has 2 heterocycles. The van der Waals surface area contributed by atoms with Crippen molar-refractivity contribution < 1.29 is 18.0 Å². The van der Waals surface area contributed by atoms with Crippen molar-refractivity contribution in [1.82, 2.24) is 9.55 Å². The van der Waals surface area contributed by atoms with E-state index < -0.39 is 12.7 Å². The summed E-state index contributed by atoms with van der Waals surface area (Å²) in [4.78, 5) is 14.5. The molecular weight excluding hydrogens is 357 g/mol. The van der Waals surface area contributed by atoms with Crippen LogP contribution in [0.3, 0.4) is 0 Å². The summed E-state index contributed by atoms with van der Waals surface area (Å²) in [7, 11) is 0. The zero-order chi connectivity index (χ0) is 19.4. The molecule has 0 aliphatic heterocycles. The fourth-order valence-corrected chi connectivity index (χ4v) is 2.62. The van der Waals surface area contributed by atoms with Crippen LogP contribution in [-0.2, 0) is 6.54 Å². The first-order chi connectivity index (χ1) is 12.9. The first-order valence-electron chi connectivity index (χ1n) is 7.96. The van der Waals surface area contributed by atoms with Crippen LogP contribution >= 0.6 is 0 Å². The second-order valence-electron chi connectivity index (χ2n) is 5.76. The van der Waals surface area contributed by atoms with Gasteiger partial charge in [-0.2, -0.15) is 13.2 Å². The molecule has 3 rings (SSSR count). The number of benzene rings is 1. The number of fused-ring (bicyclic) bond motifs is 1. The maximum atomic E-state index is 13.0. The van der Waals surface area contributed by atoms with Gasteiger partial charge in [0.1, 0.15) is 12.2 Å². The van der Waals surface area contributed by atoms with Crippen LogP contribution in [0, 0.1) is 11.8 Å². The maximum Gasteiger partial charge on any atom is 0.406 e. The molecule has 0 atom stereocenters. The van der Waals surface area contributed by atoms with E-state index in [1.807, 2.05) is 0 Å². The van der Waals surface area contributed by atoms with Gasteiger partial charge in [-0.25, -0.2) is 0 Å². The average Bonchev–Trinajstić information content (AvgIpc) is 2.97. The highest BCUT2D eigenvalue weighted by Gasteiger charge is 2.29. The number of aldehydes is 1. The topological polar surface area (TPSA) is 72.9 Å². The minimum atomic E-state index is -4.38. The van der Waals surface area contributed by atoms with Crippen LogP contribution in [0.2, 0.25) is 0 Å². The lowest BCUT2D eigenvalue weighted by Gasteiger charge is -2.11. The lowest BCUT2D eigenvalue weighted by atomic mass is 10.2. The Kier molecular flexibility index (Phi) is 5.03. The van der Waals surface area contributed by atoms with Gasteiger partial charge in [-0.1, -0.05) is 12.0 Å². The van der Waals surface area contributed by atoms with Crippen molar-refractivity contribution in [2.45, 2.75) is 12.7 Å². The summed E-state index contributed by atoms with van der Waals surface area (Å²) in [6.07, 6.45) is -2.27. The van der Waals surface area contributed by atoms with E-state index >= 15 is 0 Å². The van der Waals surface area contributed by atoms with Gasteiger partial charge in [0.2, 0.25) is 0 Å². The van der Waals surface area contributed by atoms with Crippen molar-refractivity contribution >= 4 is 28.6 Å². The highest BCUT2D eigenvalue weighted by Crippen LogP contribution is 2.28. The molecule has 0 amide bonds. The summed E-state index contributed by atoms with van der Waals surface area (Å²) < 4.78 is 40.0. The van der Waals surface area contributed by atoms with Gasteiger partial charge in [0.15, 0.2) is 6.29 Å². The molecule has 0 unspecified atom stereocenters. The summed E-state index contributed by atoms with van der Waals surface area (Å²) in [5.41, 5.74) is 7.84. The molecule has 8 heteroatoms. The summed E-state index contributed by atoms with van der Waals surface area (Å²) in [6, 6.07) is 9.60. The minimum Gasteiger partial charge on any atom is -0.398 e. The molecule has 138 valence electrons. The molecule has 1 aromatic carbocycles. The van der Waals surface area contributed by atoms with Gasteiger partial charge in [0.25, 0.3) is 0 Å². The summed E-state index contributed by atoms with van der Waals surface area (Å²) in [6.45, 7) is -0.945. The molecule has 0 fully saturated rings. The number of hydrogen-bond donors (Lipinski definition) is 2. The third-order valence-corrected chi connectivity index (χ3v) is 3.82. The molecule has 3 aromatic rings. The predicted octanol–water partition coefficient (Wildman–Crippen LogP) is 3.46. The van der Waals surface area contributed by atoms with Crippen LogP contribution < -0.4 is 11.1 Å². The summed E-state index contributed by atoms with van der Waals surface area (Å²) in [5, 5.41) is 3.51. The smallest absolute Gasteiger partial charge is 0.398 e. The number of nitrogens with two attached hydrogens (primary N) is 1. The number of carbonyl (C=O) groups is 1. The van der Waals surface area contributed by atoms with Crippen LogP contribution in [0.25, 0.3) is 10.9 Å². The number of pyridine rings is 1. The Bertz CT molecular complexity index is 1030. The molecule has 0 saturated carbocycles. The Hall–Kier alpha value is -3.47. The normalized spacial score (nSPS) is 11.1. The number of nitrogen functional groups attached to an aromatic ring is 1. The molecule has 0 spiro atoms. The number of nitrogens with zero attached hydrogens (tertiary/aromatic N) is 2. The van der Waals surface area contributed by atoms with Crippen molar-refractivity contribution in [3.8, 4) is 11.8 Å². The van der Waals surface area contributed by atoms with Gasteiger partial charge < -0.3 is 15.6 Å². The summed E-state index contributed by atoms with van der Waals surface area (Å²) in [5.74, 6) is 5.56. The fourth-order valence-electron chi connectivity index (χ4n) is 2.62. The van der Waals surface area contributed by atoms with Crippen molar-refractivity contribution in [3.63, 3.8) is 0 Å². The zero-order valence-corrected chi connectivity index (χ0v) is 14.0. The highest BCUT2D eigenvalue weighted by atomic mass is 19.4. The minimum absolute atomic E-state index is 0.200. The Morgan fingerprint density at radius 1 is 1.26 bits per heavy atom. The van der Waals surface area contributed by atoms with Crippen molar-refractivity contribution in [2.24, 2.45) is 0 Å². The van der Waals surface area contributed by atoms with E-state index in [9.17, 15) is 18.0 Å². The molecule has 0 aliphatic carbocycles. The van der Waals surface area contributed by atoms with Gasteiger partial charge in [-0.05, 0) is 36.3 Å². The van der Waals surface area contributed by atoms with Crippen molar-refractivity contribution in [2.75, 3.05) is 17.6 Å². The number of rotatable bonds is 4. The van der Waals surface area contributed by atoms with Crippen molar-refractivity contribution in [3.05, 3.63) is 54.0 Å². The number of anilines is 2. The molecule has 0 saturated heterocycles. The van der Waals surface area contributed by atoms with E-state index in [-0.39, 0.29) is 12.2 Å². The second-order valence-corrected chi connectivity index (χ2v) is 5.76. The number of alkyl halides is 3. The Balaban J connectivity index is 1.83. The fraction of sp³-hybridized carbons (Fsp3) is 0.158. The van der Waals surface area contributed by atoms with Gasteiger partial charge in [-0.15, -0.1) is 0 Å². The lowest BCUT2D eigenvalue weighted by Crippen LogP contribution is -2.18. The Labute approximate surface area is 153 Å². The largest absolute Gasteiger partial charge is 0.406 e. The summed E-state index contributed by atoms with van der Waals surface area (Å²) >= 11 is 0. The molecule has 0 radical (unpaired) electrons. The highest BCUT2D eigenvalue weighted by molar-refractivity contribution is 5.92. The number of nitrogens with one attached hydrogen (secondary N) is 1. The van der Waals surface area contributed by atoms with Gasteiger partial charge in [-0.3, -0.25) is 9.78 Å². The van der Waals surface area contributed by atoms with E-state index in [0.717, 1.165) is 4.57 Å². The standard InChI is InChI=1S/C19H15F3N4O/c20-19(21,22)12-26-15(9-16-17(23)4-1-5-18(16)26)3-2-8-24-13-6-7-14(11-27)25-10-13/h1,4-7,9-11,24H,8,12,23H2. The van der Waals surface area contributed by atoms with Crippen LogP contribution in [-0.4, -0.2) is 28.6 Å². The molecule has 3 N–H and O–H groups in total. The second kappa shape index (κ2) is 7.41. The van der Waals surface area contributed by atoms with Crippen LogP contribution in [0.5, 0.6) is 0 Å². The van der Waals surface area contributed by atoms with Crippen molar-refractivity contribution in [1.29, 1.82) is 0 Å². The molecular formula is C19H15F3N4O. The lowest BCUT2D eigenvalue weighted by molar-refractivity contribution is -0.140. The van der Waals surface area contributed by atoms with E-state index in [1.165, 1.54) is 6.20 Å². The third kappa shape index (κ3) is 4.39. The molecule has 2 aromatic heterocycles. The molecule has 27 heavy (non-hydrogen) atoms. The average molecular weight is 372 g/mol. The monoisotopic (exact) mass is 372 g/mol. The number of carbonyl (C=O) groups excluding carboxylic acids is 1. The van der Waals surface area contributed by atoms with E-state index in [0.29, 0.717) is 34.3 Å². The van der Waals surface area contributed by atoms with Crippen LogP contribution in [0.4, 0.5) is 24.5 Å². The van der Waals surface area contributed by atoms with E-state index in [1.54, 1.807) is 36.4 Å².